The Balaban J connectivity index is 1.89. The summed E-state index contributed by atoms with van der Waals surface area (Å²) >= 11 is 0. The number of likely N-dealkylation sites (N-methyl/N-ethyl adjacent to an activating group) is 2. The van der Waals surface area contributed by atoms with Gasteiger partial charge in [0, 0.05) is 39.5 Å². The van der Waals surface area contributed by atoms with Crippen molar-refractivity contribution in [2.45, 2.75) is 50.7 Å². The summed E-state index contributed by atoms with van der Waals surface area (Å²) in [5, 5.41) is 5.10. The largest absolute Gasteiger partial charge is 0.347 e. The molecule has 0 unspecified atom stereocenters. The van der Waals surface area contributed by atoms with E-state index >= 15 is 0 Å². The summed E-state index contributed by atoms with van der Waals surface area (Å²) in [6.45, 7) is 3.77. The molecule has 0 heterocycles. The quantitative estimate of drug-likeness (QED) is 0.371. The molecule has 3 aromatic rings. The van der Waals surface area contributed by atoms with Crippen molar-refractivity contribution in [2.75, 3.05) is 21.1 Å². The first-order valence-corrected chi connectivity index (χ1v) is 13.2. The molecule has 7 nitrogen and oxygen atoms in total. The van der Waals surface area contributed by atoms with Crippen LogP contribution in [-0.4, -0.2) is 66.3 Å². The van der Waals surface area contributed by atoms with E-state index in [0.29, 0.717) is 19.3 Å². The van der Waals surface area contributed by atoms with Gasteiger partial charge in [-0.1, -0.05) is 78.9 Å². The maximum absolute atomic E-state index is 13.8. The van der Waals surface area contributed by atoms with E-state index in [1.807, 2.05) is 86.6 Å². The Morgan fingerprint density at radius 2 is 1.51 bits per heavy atom. The fraction of sp³-hybridized carbons (Fsp3) is 0.344. The summed E-state index contributed by atoms with van der Waals surface area (Å²) < 4.78 is 0. The molecule has 3 rings (SSSR count). The summed E-state index contributed by atoms with van der Waals surface area (Å²) in [6, 6.07) is 22.0. The third-order valence-corrected chi connectivity index (χ3v) is 6.60. The molecule has 3 N–H and O–H groups in total. The standard InChI is InChI=1S/C32H40N4O3/c1-32(2,33)19-11-16-29(37)36(5)28(22-24-17-18-25-14-9-10-15-26(25)20-24)30(38)34-27(31(39)35(3)4)21-23-12-7-6-8-13-23/h6-18,20,27-28H,19,21-22,33H2,1-5H3,(H,34,38)/b16-11+/t27-,28-/m1/s1. The maximum atomic E-state index is 13.8. The summed E-state index contributed by atoms with van der Waals surface area (Å²) in [6.07, 6.45) is 4.35. The number of carbonyl (C=O) groups excluding carboxylic acids is 3. The van der Waals surface area contributed by atoms with Crippen LogP contribution in [0.25, 0.3) is 10.8 Å². The van der Waals surface area contributed by atoms with Crippen LogP contribution in [0.1, 0.15) is 31.4 Å². The van der Waals surface area contributed by atoms with Gasteiger partial charge in [-0.25, -0.2) is 0 Å². The normalized spacial score (nSPS) is 13.2. The number of hydrogen-bond acceptors (Lipinski definition) is 4. The highest BCUT2D eigenvalue weighted by atomic mass is 16.2. The first-order chi connectivity index (χ1) is 18.4. The highest BCUT2D eigenvalue weighted by molar-refractivity contribution is 5.95. The first-order valence-electron chi connectivity index (χ1n) is 13.2. The van der Waals surface area contributed by atoms with Crippen molar-refractivity contribution >= 4 is 28.5 Å². The topological polar surface area (TPSA) is 95.7 Å². The van der Waals surface area contributed by atoms with Crippen LogP contribution < -0.4 is 11.1 Å². The SMILES string of the molecule is CN(C)C(=O)[C@@H](Cc1ccccc1)NC(=O)[C@@H](Cc1ccc2ccccc2c1)N(C)C(=O)/C=C/CC(C)(C)N. The van der Waals surface area contributed by atoms with Crippen molar-refractivity contribution in [1.29, 1.82) is 0 Å². The van der Waals surface area contributed by atoms with Gasteiger partial charge >= 0.3 is 0 Å². The molecule has 0 saturated heterocycles. The van der Waals surface area contributed by atoms with E-state index in [1.54, 1.807) is 27.2 Å². The first kappa shape index (κ1) is 29.6. The van der Waals surface area contributed by atoms with Crippen molar-refractivity contribution in [2.24, 2.45) is 5.73 Å². The third-order valence-electron chi connectivity index (χ3n) is 6.60. The molecular weight excluding hydrogens is 488 g/mol. The number of nitrogens with two attached hydrogens (primary N) is 1. The zero-order valence-corrected chi connectivity index (χ0v) is 23.6. The molecule has 0 fully saturated rings. The molecule has 7 heteroatoms. The van der Waals surface area contributed by atoms with Gasteiger partial charge in [0.25, 0.3) is 0 Å². The molecule has 0 spiro atoms. The smallest absolute Gasteiger partial charge is 0.246 e. The molecule has 39 heavy (non-hydrogen) atoms. The third kappa shape index (κ3) is 8.79. The van der Waals surface area contributed by atoms with Crippen LogP contribution in [0.3, 0.4) is 0 Å². The van der Waals surface area contributed by atoms with Crippen molar-refractivity contribution < 1.29 is 14.4 Å². The Bertz CT molecular complexity index is 1310. The summed E-state index contributed by atoms with van der Waals surface area (Å²) in [4.78, 5) is 42.9. The lowest BCUT2D eigenvalue weighted by Crippen LogP contribution is -2.55. The van der Waals surface area contributed by atoms with Crippen LogP contribution in [0.15, 0.2) is 84.9 Å². The van der Waals surface area contributed by atoms with E-state index in [2.05, 4.69) is 5.32 Å². The van der Waals surface area contributed by atoms with E-state index in [0.717, 1.165) is 21.9 Å². The van der Waals surface area contributed by atoms with Gasteiger partial charge in [-0.2, -0.15) is 0 Å². The average molecular weight is 529 g/mol. The van der Waals surface area contributed by atoms with Gasteiger partial charge < -0.3 is 20.9 Å². The molecular formula is C32H40N4O3. The predicted molar refractivity (Wildman–Crippen MR) is 157 cm³/mol. The van der Waals surface area contributed by atoms with Gasteiger partial charge in [0.2, 0.25) is 17.7 Å². The van der Waals surface area contributed by atoms with Crippen molar-refractivity contribution in [3.63, 3.8) is 0 Å². The van der Waals surface area contributed by atoms with Gasteiger partial charge in [0.1, 0.15) is 12.1 Å². The van der Waals surface area contributed by atoms with Crippen molar-refractivity contribution in [3.05, 3.63) is 96.1 Å². The minimum absolute atomic E-state index is 0.212. The monoisotopic (exact) mass is 528 g/mol. The van der Waals surface area contributed by atoms with Gasteiger partial charge in [0.05, 0.1) is 0 Å². The van der Waals surface area contributed by atoms with E-state index in [-0.39, 0.29) is 17.7 Å². The minimum Gasteiger partial charge on any atom is -0.347 e. The lowest BCUT2D eigenvalue weighted by molar-refractivity contribution is -0.139. The lowest BCUT2D eigenvalue weighted by atomic mass is 9.99. The number of carbonyl (C=O) groups is 3. The molecule has 206 valence electrons. The second-order valence-corrected chi connectivity index (χ2v) is 10.9. The molecule has 0 aromatic heterocycles. The number of fused-ring (bicyclic) bond motifs is 1. The van der Waals surface area contributed by atoms with E-state index in [4.69, 9.17) is 5.73 Å². The van der Waals surface area contributed by atoms with Crippen LogP contribution in [0.2, 0.25) is 0 Å². The summed E-state index contributed by atoms with van der Waals surface area (Å²) in [7, 11) is 4.95. The highest BCUT2D eigenvalue weighted by Gasteiger charge is 2.31. The minimum atomic E-state index is -0.831. The second-order valence-electron chi connectivity index (χ2n) is 10.9. The number of amides is 3. The van der Waals surface area contributed by atoms with Gasteiger partial charge in [0.15, 0.2) is 0 Å². The molecule has 2 atom stereocenters. The highest BCUT2D eigenvalue weighted by Crippen LogP contribution is 2.19. The van der Waals surface area contributed by atoms with Gasteiger partial charge in [-0.15, -0.1) is 0 Å². The van der Waals surface area contributed by atoms with E-state index in [1.165, 1.54) is 15.9 Å². The number of nitrogens with zero attached hydrogens (tertiary/aromatic N) is 2. The Morgan fingerprint density at radius 1 is 0.872 bits per heavy atom. The van der Waals surface area contributed by atoms with Crippen molar-refractivity contribution in [1.82, 2.24) is 15.1 Å². The molecule has 0 aliphatic carbocycles. The molecule has 3 aromatic carbocycles. The molecule has 0 radical (unpaired) electrons. The summed E-state index contributed by atoms with van der Waals surface area (Å²) in [5.74, 6) is -0.905. The fourth-order valence-corrected chi connectivity index (χ4v) is 4.36. The van der Waals surface area contributed by atoms with E-state index < -0.39 is 17.6 Å². The zero-order chi connectivity index (χ0) is 28.6. The Labute approximate surface area is 231 Å². The Hall–Kier alpha value is -3.97. The Morgan fingerprint density at radius 3 is 2.15 bits per heavy atom. The number of benzene rings is 3. The average Bonchev–Trinajstić information content (AvgIpc) is 2.90. The van der Waals surface area contributed by atoms with Gasteiger partial charge in [-0.3, -0.25) is 14.4 Å². The molecule has 0 saturated carbocycles. The number of rotatable bonds is 11. The Kier molecular flexibility index (Phi) is 10.0. The van der Waals surface area contributed by atoms with Crippen LogP contribution in [-0.2, 0) is 27.2 Å². The second kappa shape index (κ2) is 13.2. The molecule has 0 bridgehead atoms. The van der Waals surface area contributed by atoms with Crippen LogP contribution in [0.5, 0.6) is 0 Å². The molecule has 3 amide bonds. The number of hydrogen-bond donors (Lipinski definition) is 2. The molecule has 0 aliphatic rings. The summed E-state index contributed by atoms with van der Waals surface area (Å²) in [5.41, 5.74) is 7.45. The van der Waals surface area contributed by atoms with Crippen molar-refractivity contribution in [3.8, 4) is 0 Å². The number of nitrogens with one attached hydrogen (secondary N) is 1. The lowest BCUT2D eigenvalue weighted by Gasteiger charge is -2.29. The molecule has 0 aliphatic heterocycles. The maximum Gasteiger partial charge on any atom is 0.246 e. The fourth-order valence-electron chi connectivity index (χ4n) is 4.36. The zero-order valence-electron chi connectivity index (χ0n) is 23.6. The predicted octanol–water partition coefficient (Wildman–Crippen LogP) is 3.71. The van der Waals surface area contributed by atoms with Crippen LogP contribution in [0, 0.1) is 0 Å². The van der Waals surface area contributed by atoms with Crippen LogP contribution in [0.4, 0.5) is 0 Å². The van der Waals surface area contributed by atoms with Gasteiger partial charge in [-0.05, 0) is 48.2 Å². The van der Waals surface area contributed by atoms with E-state index in [9.17, 15) is 14.4 Å². The van der Waals surface area contributed by atoms with Crippen LogP contribution >= 0.6 is 0 Å².